The maximum absolute atomic E-state index is 5.78. The predicted octanol–water partition coefficient (Wildman–Crippen LogP) is 1.85. The third-order valence-electron chi connectivity index (χ3n) is 3.21. The van der Waals surface area contributed by atoms with Crippen LogP contribution in [-0.4, -0.2) is 21.1 Å². The molecular formula is C18H30N5+. The Morgan fingerprint density at radius 1 is 0.739 bits per heavy atom. The van der Waals surface area contributed by atoms with Crippen LogP contribution in [0.2, 0.25) is 0 Å². The first-order chi connectivity index (χ1) is 11.2. The molecule has 0 aliphatic heterocycles. The molecule has 0 heterocycles. The number of fused-ring (bicyclic) bond motifs is 1. The van der Waals surface area contributed by atoms with Crippen LogP contribution in [0.4, 0.5) is 11.4 Å². The van der Waals surface area contributed by atoms with Gasteiger partial charge in [0.15, 0.2) is 0 Å². The normalized spacial score (nSPS) is 13.4. The second-order valence-electron chi connectivity index (χ2n) is 4.39. The summed E-state index contributed by atoms with van der Waals surface area (Å²) < 4.78 is 0. The Morgan fingerprint density at radius 2 is 1.26 bits per heavy atom. The Morgan fingerprint density at radius 3 is 1.83 bits per heavy atom. The first kappa shape index (κ1) is 20.7. The van der Waals surface area contributed by atoms with Gasteiger partial charge in [0.1, 0.15) is 0 Å². The van der Waals surface area contributed by atoms with E-state index in [1.807, 2.05) is 24.3 Å². The standard InChI is InChI=1S/C15H14N2.3CH5N/c16-12-4-1-10(2-5-12)14-7-3-11-9-13(17)6-8-15(11)14;3*1-2/h1-9,14H,16-17H2;3*2H2,1H3/p+1. The van der Waals surface area contributed by atoms with Gasteiger partial charge in [-0.3, -0.25) is 0 Å². The molecular weight excluding hydrogens is 286 g/mol. The van der Waals surface area contributed by atoms with Crippen molar-refractivity contribution >= 4 is 17.5 Å². The highest BCUT2D eigenvalue weighted by Crippen LogP contribution is 2.36. The number of nitrogen functional groups attached to an aromatic ring is 2. The van der Waals surface area contributed by atoms with Gasteiger partial charge in [-0.1, -0.05) is 30.4 Å². The fourth-order valence-electron chi connectivity index (χ4n) is 2.32. The van der Waals surface area contributed by atoms with Gasteiger partial charge in [0.05, 0.1) is 0 Å². The fraction of sp³-hybridized carbons (Fsp3) is 0.222. The molecule has 0 saturated carbocycles. The number of benzene rings is 2. The first-order valence-corrected chi connectivity index (χ1v) is 7.40. The van der Waals surface area contributed by atoms with Crippen molar-refractivity contribution in [3.8, 4) is 0 Å². The number of rotatable bonds is 1. The van der Waals surface area contributed by atoms with Crippen LogP contribution in [0.5, 0.6) is 0 Å². The summed E-state index contributed by atoms with van der Waals surface area (Å²) in [6, 6.07) is 14.1. The van der Waals surface area contributed by atoms with Crippen molar-refractivity contribution in [3.05, 3.63) is 65.2 Å². The summed E-state index contributed by atoms with van der Waals surface area (Å²) in [6.45, 7) is 0. The Kier molecular flexibility index (Phi) is 10.1. The molecule has 0 aromatic heterocycles. The highest BCUT2D eigenvalue weighted by molar-refractivity contribution is 5.68. The Hall–Kier alpha value is -2.34. The molecule has 5 heteroatoms. The Balaban J connectivity index is 0. The van der Waals surface area contributed by atoms with Gasteiger partial charge >= 0.3 is 1.43 Å². The van der Waals surface area contributed by atoms with Crippen LogP contribution in [0, 0.1) is 0 Å². The second kappa shape index (κ2) is 11.3. The van der Waals surface area contributed by atoms with Crippen LogP contribution in [0.15, 0.2) is 48.5 Å². The van der Waals surface area contributed by atoms with Gasteiger partial charge in [-0.25, -0.2) is 0 Å². The van der Waals surface area contributed by atoms with Crippen molar-refractivity contribution in [1.82, 2.24) is 0 Å². The molecule has 126 valence electrons. The number of nitrogens with two attached hydrogens (primary N) is 5. The van der Waals surface area contributed by atoms with E-state index in [9.17, 15) is 0 Å². The van der Waals surface area contributed by atoms with Gasteiger partial charge in [0.25, 0.3) is 0 Å². The molecule has 23 heavy (non-hydrogen) atoms. The summed E-state index contributed by atoms with van der Waals surface area (Å²) in [5.74, 6) is 0.325. The number of hydrogen-bond donors (Lipinski definition) is 5. The lowest BCUT2D eigenvalue weighted by Gasteiger charge is -2.12. The van der Waals surface area contributed by atoms with Crippen molar-refractivity contribution in [2.45, 2.75) is 5.92 Å². The zero-order chi connectivity index (χ0) is 17.8. The summed E-state index contributed by atoms with van der Waals surface area (Å²) >= 11 is 0. The van der Waals surface area contributed by atoms with Gasteiger partial charge in [0, 0.05) is 17.3 Å². The molecule has 10 N–H and O–H groups in total. The van der Waals surface area contributed by atoms with Gasteiger partial charge < -0.3 is 28.7 Å². The van der Waals surface area contributed by atoms with Crippen LogP contribution in [0.3, 0.4) is 0 Å². The lowest BCUT2D eigenvalue weighted by atomic mass is 9.93. The molecule has 1 aliphatic rings. The minimum atomic E-state index is 0. The molecule has 0 saturated heterocycles. The van der Waals surface area contributed by atoms with E-state index >= 15 is 0 Å². The van der Waals surface area contributed by atoms with E-state index in [4.69, 9.17) is 11.5 Å². The van der Waals surface area contributed by atoms with Crippen molar-refractivity contribution in [3.63, 3.8) is 0 Å². The zero-order valence-corrected chi connectivity index (χ0v) is 14.2. The number of anilines is 2. The van der Waals surface area contributed by atoms with Crippen molar-refractivity contribution < 1.29 is 1.43 Å². The van der Waals surface area contributed by atoms with Crippen molar-refractivity contribution in [2.24, 2.45) is 17.2 Å². The van der Waals surface area contributed by atoms with E-state index in [1.54, 1.807) is 0 Å². The van der Waals surface area contributed by atoms with Gasteiger partial charge in [-0.05, 0) is 62.1 Å². The average molecular weight is 316 g/mol. The summed E-state index contributed by atoms with van der Waals surface area (Å²) in [5.41, 5.74) is 30.4. The molecule has 1 atom stereocenters. The summed E-state index contributed by atoms with van der Waals surface area (Å²) in [7, 11) is 4.50. The topological polar surface area (TPSA) is 130 Å². The van der Waals surface area contributed by atoms with Gasteiger partial charge in [0.2, 0.25) is 0 Å². The van der Waals surface area contributed by atoms with Gasteiger partial charge in [-0.15, -0.1) is 0 Å². The third-order valence-corrected chi connectivity index (χ3v) is 3.21. The molecule has 0 bridgehead atoms. The molecule has 0 spiro atoms. The Labute approximate surface area is 140 Å². The molecule has 1 aliphatic carbocycles. The highest BCUT2D eigenvalue weighted by Gasteiger charge is 2.18. The van der Waals surface area contributed by atoms with Gasteiger partial charge in [-0.2, -0.15) is 0 Å². The van der Waals surface area contributed by atoms with E-state index in [-0.39, 0.29) is 1.43 Å². The summed E-state index contributed by atoms with van der Waals surface area (Å²) in [4.78, 5) is 0. The molecule has 1 unspecified atom stereocenters. The third kappa shape index (κ3) is 5.41. The molecule has 5 nitrogen and oxygen atoms in total. The van der Waals surface area contributed by atoms with E-state index in [0.29, 0.717) is 5.92 Å². The smallest absolute Gasteiger partial charge is 0.399 e. The minimum Gasteiger partial charge on any atom is -0.399 e. The number of hydrogen-bond acceptors (Lipinski definition) is 5. The minimum absolute atomic E-state index is 0. The molecule has 2 aromatic carbocycles. The molecule has 0 fully saturated rings. The van der Waals surface area contributed by atoms with E-state index < -0.39 is 0 Å². The SMILES string of the molecule is CN.CN.CN.Nc1ccc(C2C=Cc3cc(N)ccc32)cc1.[H+]. The summed E-state index contributed by atoms with van der Waals surface area (Å²) in [5, 5.41) is 0. The van der Waals surface area contributed by atoms with E-state index in [2.05, 4.69) is 47.6 Å². The van der Waals surface area contributed by atoms with Crippen molar-refractivity contribution in [1.29, 1.82) is 0 Å². The summed E-state index contributed by atoms with van der Waals surface area (Å²) in [6.07, 6.45) is 4.34. The Bertz CT molecular complexity index is 597. The maximum atomic E-state index is 5.78. The van der Waals surface area contributed by atoms with Crippen LogP contribution in [-0.2, 0) is 0 Å². The maximum Gasteiger partial charge on any atom is 1.00 e. The van der Waals surface area contributed by atoms with E-state index in [1.165, 1.54) is 37.8 Å². The van der Waals surface area contributed by atoms with Crippen LogP contribution in [0.25, 0.3) is 6.08 Å². The molecule has 3 rings (SSSR count). The van der Waals surface area contributed by atoms with Crippen LogP contribution < -0.4 is 28.7 Å². The average Bonchev–Trinajstić information content (AvgIpc) is 3.04. The van der Waals surface area contributed by atoms with Crippen LogP contribution >= 0.6 is 0 Å². The molecule has 0 amide bonds. The fourth-order valence-corrected chi connectivity index (χ4v) is 2.32. The second-order valence-corrected chi connectivity index (χ2v) is 4.39. The van der Waals surface area contributed by atoms with E-state index in [0.717, 1.165) is 11.4 Å². The quantitative estimate of drug-likeness (QED) is 0.512. The monoisotopic (exact) mass is 316 g/mol. The lowest BCUT2D eigenvalue weighted by Crippen LogP contribution is -1.97. The highest BCUT2D eigenvalue weighted by atomic mass is 14.5. The predicted molar refractivity (Wildman–Crippen MR) is 104 cm³/mol. The molecule has 0 radical (unpaired) electrons. The molecule has 2 aromatic rings. The zero-order valence-electron chi connectivity index (χ0n) is 15.2. The lowest BCUT2D eigenvalue weighted by molar-refractivity contribution is 1.05. The number of allylic oxidation sites excluding steroid dienone is 1. The first-order valence-electron chi connectivity index (χ1n) is 7.40. The van der Waals surface area contributed by atoms with Crippen molar-refractivity contribution in [2.75, 3.05) is 32.6 Å². The largest absolute Gasteiger partial charge is 1.00 e. The van der Waals surface area contributed by atoms with Crippen LogP contribution in [0.1, 0.15) is 24.0 Å².